The van der Waals surface area contributed by atoms with Crippen LogP contribution >= 0.6 is 0 Å². The van der Waals surface area contributed by atoms with Gasteiger partial charge in [0.1, 0.15) is 12.4 Å². The van der Waals surface area contributed by atoms with E-state index in [2.05, 4.69) is 34.0 Å². The highest BCUT2D eigenvalue weighted by molar-refractivity contribution is 5.38. The van der Waals surface area contributed by atoms with Crippen molar-refractivity contribution in [2.45, 2.75) is 33.8 Å². The molecule has 0 unspecified atom stereocenters. The molecule has 6 heteroatoms. The predicted octanol–water partition coefficient (Wildman–Crippen LogP) is 2.17. The van der Waals surface area contributed by atoms with Crippen LogP contribution in [0, 0.1) is 0 Å². The molecule has 0 aliphatic carbocycles. The summed E-state index contributed by atoms with van der Waals surface area (Å²) in [6.45, 7) is 11.4. The zero-order valence-corrected chi connectivity index (χ0v) is 13.7. The van der Waals surface area contributed by atoms with Crippen LogP contribution in [0.2, 0.25) is 0 Å². The van der Waals surface area contributed by atoms with Gasteiger partial charge in [0.2, 0.25) is 5.88 Å². The summed E-state index contributed by atoms with van der Waals surface area (Å²) < 4.78 is 10.5. The molecule has 0 amide bonds. The van der Waals surface area contributed by atoms with Crippen LogP contribution < -0.4 is 10.1 Å². The van der Waals surface area contributed by atoms with E-state index in [9.17, 15) is 0 Å². The van der Waals surface area contributed by atoms with Crippen LogP contribution in [0.25, 0.3) is 0 Å². The van der Waals surface area contributed by atoms with Gasteiger partial charge in [-0.05, 0) is 33.0 Å². The van der Waals surface area contributed by atoms with E-state index in [1.165, 1.54) is 0 Å². The summed E-state index contributed by atoms with van der Waals surface area (Å²) in [7, 11) is 1.63. The van der Waals surface area contributed by atoms with Crippen molar-refractivity contribution >= 4 is 5.82 Å². The Labute approximate surface area is 127 Å². The number of nitrogens with one attached hydrogen (secondary N) is 1. The van der Waals surface area contributed by atoms with Crippen molar-refractivity contribution < 1.29 is 9.47 Å². The van der Waals surface area contributed by atoms with Gasteiger partial charge in [0.25, 0.3) is 0 Å². The van der Waals surface area contributed by atoms with Gasteiger partial charge < -0.3 is 19.7 Å². The largest absolute Gasteiger partial charge is 0.478 e. The molecule has 0 saturated heterocycles. The van der Waals surface area contributed by atoms with Crippen LogP contribution in [-0.4, -0.2) is 54.8 Å². The molecule has 0 saturated carbocycles. The zero-order chi connectivity index (χ0) is 15.5. The quantitative estimate of drug-likeness (QED) is 0.632. The Bertz CT molecular complexity index is 373. The van der Waals surface area contributed by atoms with E-state index in [-0.39, 0.29) is 0 Å². The fourth-order valence-electron chi connectivity index (χ4n) is 2.04. The summed E-state index contributed by atoms with van der Waals surface area (Å²) in [5.74, 6) is 2.01. The fraction of sp³-hybridized carbons (Fsp3) is 0.733. The third-order valence-corrected chi connectivity index (χ3v) is 3.17. The molecule has 0 bridgehead atoms. The Morgan fingerprint density at radius 3 is 2.57 bits per heavy atom. The molecule has 1 N–H and O–H groups in total. The Morgan fingerprint density at radius 1 is 1.19 bits per heavy atom. The molecular weight excluding hydrogens is 268 g/mol. The molecule has 1 aromatic rings. The van der Waals surface area contributed by atoms with E-state index in [1.54, 1.807) is 7.11 Å². The first-order valence-corrected chi connectivity index (χ1v) is 7.69. The van der Waals surface area contributed by atoms with E-state index >= 15 is 0 Å². The highest BCUT2D eigenvalue weighted by atomic mass is 16.5. The van der Waals surface area contributed by atoms with Crippen molar-refractivity contribution in [3.8, 4) is 5.88 Å². The fourth-order valence-corrected chi connectivity index (χ4v) is 2.04. The lowest BCUT2D eigenvalue weighted by atomic mass is 10.3. The van der Waals surface area contributed by atoms with Gasteiger partial charge >= 0.3 is 0 Å². The number of aromatic nitrogens is 2. The van der Waals surface area contributed by atoms with Gasteiger partial charge in [-0.15, -0.1) is 0 Å². The zero-order valence-electron chi connectivity index (χ0n) is 13.7. The van der Waals surface area contributed by atoms with Crippen LogP contribution in [-0.2, 0) is 11.3 Å². The van der Waals surface area contributed by atoms with Crippen LogP contribution in [0.4, 0.5) is 5.82 Å². The molecule has 0 atom stereocenters. The summed E-state index contributed by atoms with van der Waals surface area (Å²) >= 11 is 0. The van der Waals surface area contributed by atoms with Crippen LogP contribution in [0.15, 0.2) is 6.07 Å². The summed E-state index contributed by atoms with van der Waals surface area (Å²) in [6.07, 6.45) is 1.08. The van der Waals surface area contributed by atoms with Crippen molar-refractivity contribution in [3.63, 3.8) is 0 Å². The molecule has 1 heterocycles. The Kier molecular flexibility index (Phi) is 8.69. The Balaban J connectivity index is 2.52. The first-order valence-electron chi connectivity index (χ1n) is 7.69. The number of ether oxygens (including phenoxy) is 2. The van der Waals surface area contributed by atoms with Crippen molar-refractivity contribution in [2.24, 2.45) is 0 Å². The summed E-state index contributed by atoms with van der Waals surface area (Å²) in [5.41, 5.74) is 0. The van der Waals surface area contributed by atoms with Gasteiger partial charge in [-0.25, -0.2) is 4.98 Å². The highest BCUT2D eigenvalue weighted by Crippen LogP contribution is 2.14. The Hall–Kier alpha value is -1.40. The molecule has 0 fully saturated rings. The molecular formula is C15H28N4O2. The van der Waals surface area contributed by atoms with Crippen LogP contribution in [0.3, 0.4) is 0 Å². The normalized spacial score (nSPS) is 10.9. The van der Waals surface area contributed by atoms with Crippen molar-refractivity contribution in [1.82, 2.24) is 14.9 Å². The van der Waals surface area contributed by atoms with Gasteiger partial charge in [0, 0.05) is 19.7 Å². The maximum Gasteiger partial charge on any atom is 0.218 e. The van der Waals surface area contributed by atoms with Gasteiger partial charge in [0.05, 0.1) is 6.61 Å². The van der Waals surface area contributed by atoms with Crippen molar-refractivity contribution in [3.05, 3.63) is 11.9 Å². The minimum atomic E-state index is 0.384. The average Bonchev–Trinajstić information content (AvgIpc) is 2.48. The first kappa shape index (κ1) is 17.7. The molecule has 120 valence electrons. The van der Waals surface area contributed by atoms with Crippen molar-refractivity contribution in [2.75, 3.05) is 45.2 Å². The van der Waals surface area contributed by atoms with Crippen LogP contribution in [0.5, 0.6) is 5.88 Å². The minimum Gasteiger partial charge on any atom is -0.478 e. The monoisotopic (exact) mass is 296 g/mol. The third-order valence-electron chi connectivity index (χ3n) is 3.17. The van der Waals surface area contributed by atoms with Gasteiger partial charge in [-0.2, -0.15) is 4.98 Å². The molecule has 1 aromatic heterocycles. The first-order chi connectivity index (χ1) is 10.2. The average molecular weight is 296 g/mol. The summed E-state index contributed by atoms with van der Waals surface area (Å²) in [4.78, 5) is 11.1. The predicted molar refractivity (Wildman–Crippen MR) is 84.8 cm³/mol. The topological polar surface area (TPSA) is 59.5 Å². The van der Waals surface area contributed by atoms with E-state index in [4.69, 9.17) is 9.47 Å². The second-order valence-electron chi connectivity index (χ2n) is 4.68. The van der Waals surface area contributed by atoms with Gasteiger partial charge in [0.15, 0.2) is 5.82 Å². The maximum absolute atomic E-state index is 5.46. The molecule has 0 spiro atoms. The SMILES string of the molecule is CCOc1cc(NCCCN(CC)CC)nc(COC)n1. The second-order valence-corrected chi connectivity index (χ2v) is 4.68. The number of anilines is 1. The lowest BCUT2D eigenvalue weighted by molar-refractivity contribution is 0.176. The van der Waals surface area contributed by atoms with E-state index in [0.29, 0.717) is 24.9 Å². The van der Waals surface area contributed by atoms with Crippen molar-refractivity contribution in [1.29, 1.82) is 0 Å². The van der Waals surface area contributed by atoms with E-state index in [0.717, 1.165) is 38.4 Å². The molecule has 0 aliphatic rings. The van der Waals surface area contributed by atoms with E-state index < -0.39 is 0 Å². The van der Waals surface area contributed by atoms with E-state index in [1.807, 2.05) is 13.0 Å². The number of hydrogen-bond acceptors (Lipinski definition) is 6. The molecule has 1 rings (SSSR count). The maximum atomic E-state index is 5.46. The summed E-state index contributed by atoms with van der Waals surface area (Å²) in [6, 6.07) is 1.83. The number of nitrogens with zero attached hydrogens (tertiary/aromatic N) is 3. The lowest BCUT2D eigenvalue weighted by Gasteiger charge is -2.18. The van der Waals surface area contributed by atoms with Gasteiger partial charge in [-0.1, -0.05) is 13.8 Å². The highest BCUT2D eigenvalue weighted by Gasteiger charge is 2.05. The number of rotatable bonds is 11. The molecule has 0 aliphatic heterocycles. The molecule has 6 nitrogen and oxygen atoms in total. The second kappa shape index (κ2) is 10.3. The third kappa shape index (κ3) is 6.73. The minimum absolute atomic E-state index is 0.384. The van der Waals surface area contributed by atoms with Crippen LogP contribution in [0.1, 0.15) is 33.0 Å². The summed E-state index contributed by atoms with van der Waals surface area (Å²) in [5, 5.41) is 3.33. The lowest BCUT2D eigenvalue weighted by Crippen LogP contribution is -2.25. The van der Waals surface area contributed by atoms with Gasteiger partial charge in [-0.3, -0.25) is 0 Å². The molecule has 0 radical (unpaired) electrons. The Morgan fingerprint density at radius 2 is 1.95 bits per heavy atom. The molecule has 21 heavy (non-hydrogen) atoms. The molecule has 0 aromatic carbocycles. The number of methoxy groups -OCH3 is 1. The standard InChI is InChI=1S/C15H28N4O2/c1-5-19(6-2)10-8-9-16-13-11-15(21-7-3)18-14(17-13)12-20-4/h11H,5-10,12H2,1-4H3,(H,16,17,18). The number of hydrogen-bond donors (Lipinski definition) is 1. The smallest absolute Gasteiger partial charge is 0.218 e.